The molecule has 6 heteroatoms. The predicted molar refractivity (Wildman–Crippen MR) is 80.5 cm³/mol. The van der Waals surface area contributed by atoms with E-state index in [-0.39, 0.29) is 21.0 Å². The Morgan fingerprint density at radius 1 is 1.33 bits per heavy atom. The van der Waals surface area contributed by atoms with Crippen LogP contribution in [0.25, 0.3) is 11.0 Å². The van der Waals surface area contributed by atoms with Crippen LogP contribution in [0.1, 0.15) is 17.8 Å². The topological polar surface area (TPSA) is 37.8 Å². The summed E-state index contributed by atoms with van der Waals surface area (Å²) < 4.78 is 10.0. The molecule has 18 heavy (non-hydrogen) atoms. The minimum atomic E-state index is 0.0207. The number of hydrogen-bond acceptors (Lipinski definition) is 4. The number of fused-ring (bicyclic) bond motifs is 1. The van der Waals surface area contributed by atoms with Crippen LogP contribution in [0.3, 0.4) is 0 Å². The summed E-state index contributed by atoms with van der Waals surface area (Å²) in [7, 11) is 0. The quantitative estimate of drug-likeness (QED) is 0.697. The first kappa shape index (κ1) is 12.4. The fraction of sp³-hybridized carbons (Fsp3) is 0.167. The van der Waals surface area contributed by atoms with Crippen LogP contribution < -0.4 is 5.32 Å². The summed E-state index contributed by atoms with van der Waals surface area (Å²) in [6, 6.07) is 8.45. The zero-order valence-corrected chi connectivity index (χ0v) is 13.7. The van der Waals surface area contributed by atoms with Gasteiger partial charge in [-0.05, 0) is 0 Å². The van der Waals surface area contributed by atoms with Crippen molar-refractivity contribution in [1.82, 2.24) is 7.96 Å². The molecule has 1 unspecified atom stereocenters. The Labute approximate surface area is 124 Å². The van der Waals surface area contributed by atoms with E-state index in [0.717, 1.165) is 21.2 Å². The van der Waals surface area contributed by atoms with E-state index in [4.69, 9.17) is 0 Å². The fourth-order valence-corrected chi connectivity index (χ4v) is 4.71. The van der Waals surface area contributed by atoms with Gasteiger partial charge in [0.25, 0.3) is 0 Å². The molecule has 2 aromatic heterocycles. The second-order valence-electron chi connectivity index (χ2n) is 3.94. The first-order chi connectivity index (χ1) is 8.75. The van der Waals surface area contributed by atoms with Crippen molar-refractivity contribution in [2.75, 3.05) is 5.32 Å². The number of halogens is 1. The Kier molecular flexibility index (Phi) is 3.52. The predicted octanol–water partition coefficient (Wildman–Crippen LogP) is 3.68. The SMILES string of the molecule is CC(Nc1cccc2n[se]nc12)c1sccc1Br. The van der Waals surface area contributed by atoms with Crippen LogP contribution in [-0.2, 0) is 0 Å². The Balaban J connectivity index is 1.93. The van der Waals surface area contributed by atoms with E-state index in [1.165, 1.54) is 4.88 Å². The van der Waals surface area contributed by atoms with E-state index in [0.29, 0.717) is 0 Å². The number of nitrogens with zero attached hydrogens (tertiary/aromatic N) is 2. The monoisotopic (exact) mass is 387 g/mol. The van der Waals surface area contributed by atoms with Crippen molar-refractivity contribution < 1.29 is 0 Å². The van der Waals surface area contributed by atoms with E-state index in [9.17, 15) is 0 Å². The van der Waals surface area contributed by atoms with Crippen molar-refractivity contribution in [3.05, 3.63) is 39.0 Å². The van der Waals surface area contributed by atoms with E-state index in [1.54, 1.807) is 11.3 Å². The van der Waals surface area contributed by atoms with Crippen molar-refractivity contribution in [1.29, 1.82) is 0 Å². The number of aromatic nitrogens is 2. The number of nitrogens with one attached hydrogen (secondary N) is 1. The second-order valence-corrected chi connectivity index (χ2v) is 6.85. The maximum atomic E-state index is 4.48. The van der Waals surface area contributed by atoms with Crippen LogP contribution in [0.2, 0.25) is 0 Å². The number of anilines is 1. The third-order valence-electron chi connectivity index (χ3n) is 2.70. The Hall–Kier alpha value is -0.681. The van der Waals surface area contributed by atoms with Gasteiger partial charge in [-0.1, -0.05) is 0 Å². The van der Waals surface area contributed by atoms with Crippen LogP contribution >= 0.6 is 27.3 Å². The molecule has 0 saturated heterocycles. The average molecular weight is 387 g/mol. The van der Waals surface area contributed by atoms with Crippen molar-refractivity contribution in [2.24, 2.45) is 0 Å². The summed E-state index contributed by atoms with van der Waals surface area (Å²) in [6.45, 7) is 2.16. The van der Waals surface area contributed by atoms with Gasteiger partial charge in [-0.25, -0.2) is 0 Å². The Bertz CT molecular complexity index is 679. The van der Waals surface area contributed by atoms with E-state index in [2.05, 4.69) is 53.6 Å². The molecule has 3 aromatic rings. The molecule has 0 bridgehead atoms. The minimum absolute atomic E-state index is 0.0207. The van der Waals surface area contributed by atoms with Crippen LogP contribution in [0.4, 0.5) is 5.69 Å². The molecule has 0 amide bonds. The zero-order chi connectivity index (χ0) is 12.5. The molecule has 0 fully saturated rings. The summed E-state index contributed by atoms with van der Waals surface area (Å²) in [4.78, 5) is 1.30. The third-order valence-corrected chi connectivity index (χ3v) is 5.89. The van der Waals surface area contributed by atoms with Gasteiger partial charge in [0.05, 0.1) is 0 Å². The Morgan fingerprint density at radius 2 is 2.22 bits per heavy atom. The molecular formula is C12H10BrN3SSe. The Morgan fingerprint density at radius 3 is 3.00 bits per heavy atom. The summed E-state index contributed by atoms with van der Waals surface area (Å²) >= 11 is 5.35. The number of hydrogen-bond donors (Lipinski definition) is 1. The molecular weight excluding hydrogens is 377 g/mol. The zero-order valence-electron chi connectivity index (χ0n) is 9.55. The van der Waals surface area contributed by atoms with Gasteiger partial charge < -0.3 is 0 Å². The molecule has 1 N–H and O–H groups in total. The number of rotatable bonds is 3. The molecule has 2 heterocycles. The van der Waals surface area contributed by atoms with Crippen molar-refractivity contribution in [3.8, 4) is 0 Å². The van der Waals surface area contributed by atoms with E-state index >= 15 is 0 Å². The molecule has 0 radical (unpaired) electrons. The van der Waals surface area contributed by atoms with Gasteiger partial charge >= 0.3 is 124 Å². The number of thiophene rings is 1. The van der Waals surface area contributed by atoms with Gasteiger partial charge in [0.2, 0.25) is 0 Å². The summed E-state index contributed by atoms with van der Waals surface area (Å²) in [5, 5.41) is 5.62. The molecule has 0 aliphatic carbocycles. The van der Waals surface area contributed by atoms with Crippen molar-refractivity contribution in [3.63, 3.8) is 0 Å². The first-order valence-corrected chi connectivity index (χ1v) is 8.67. The first-order valence-electron chi connectivity index (χ1n) is 5.46. The third kappa shape index (κ3) is 2.26. The van der Waals surface area contributed by atoms with Crippen LogP contribution in [0.15, 0.2) is 34.1 Å². The van der Waals surface area contributed by atoms with E-state index in [1.807, 2.05) is 12.1 Å². The average Bonchev–Trinajstić information content (AvgIpc) is 2.97. The van der Waals surface area contributed by atoms with Crippen LogP contribution in [-0.4, -0.2) is 22.9 Å². The van der Waals surface area contributed by atoms with Gasteiger partial charge in [-0.15, -0.1) is 0 Å². The van der Waals surface area contributed by atoms with Gasteiger partial charge in [0, 0.05) is 0 Å². The van der Waals surface area contributed by atoms with Crippen molar-refractivity contribution >= 4 is 58.9 Å². The summed E-state index contributed by atoms with van der Waals surface area (Å²) in [6.07, 6.45) is 0. The van der Waals surface area contributed by atoms with Crippen LogP contribution in [0, 0.1) is 0 Å². The molecule has 0 aliphatic rings. The molecule has 0 spiro atoms. The number of benzene rings is 1. The summed E-state index contributed by atoms with van der Waals surface area (Å²) in [5.74, 6) is 0. The normalized spacial score (nSPS) is 12.8. The van der Waals surface area contributed by atoms with Gasteiger partial charge in [0.15, 0.2) is 0 Å². The van der Waals surface area contributed by atoms with Crippen molar-refractivity contribution in [2.45, 2.75) is 13.0 Å². The fourth-order valence-electron chi connectivity index (χ4n) is 1.84. The molecule has 0 saturated carbocycles. The van der Waals surface area contributed by atoms with Crippen LogP contribution in [0.5, 0.6) is 0 Å². The summed E-state index contributed by atoms with van der Waals surface area (Å²) in [5.41, 5.74) is 3.10. The molecule has 92 valence electrons. The molecule has 3 rings (SSSR count). The molecule has 1 aromatic carbocycles. The second kappa shape index (κ2) is 5.13. The maximum absolute atomic E-state index is 4.48. The molecule has 0 aliphatic heterocycles. The van der Waals surface area contributed by atoms with Gasteiger partial charge in [-0.3, -0.25) is 0 Å². The van der Waals surface area contributed by atoms with Gasteiger partial charge in [-0.2, -0.15) is 0 Å². The van der Waals surface area contributed by atoms with E-state index < -0.39 is 0 Å². The standard InChI is InChI=1S/C12H10BrN3SSe/c1-7(12-8(13)5-6-17-12)14-9-3-2-4-10-11(9)16-18-15-10/h2-7,14H,1H3. The molecule has 1 atom stereocenters. The molecule has 3 nitrogen and oxygen atoms in total. The van der Waals surface area contributed by atoms with Gasteiger partial charge in [0.1, 0.15) is 0 Å².